The molecule has 0 bridgehead atoms. The fourth-order valence-corrected chi connectivity index (χ4v) is 5.37. The van der Waals surface area contributed by atoms with Crippen LogP contribution in [0.3, 0.4) is 0 Å². The fraction of sp³-hybridized carbons (Fsp3) is 0.214. The van der Waals surface area contributed by atoms with Crippen molar-refractivity contribution in [3.8, 4) is 6.01 Å². The van der Waals surface area contributed by atoms with Crippen molar-refractivity contribution in [2.45, 2.75) is 18.6 Å². The molecule has 1 unspecified atom stereocenters. The zero-order valence-corrected chi connectivity index (χ0v) is 21.7. The molecule has 3 amide bonds. The molecule has 3 N–H and O–H groups in total. The first-order valence-corrected chi connectivity index (χ1v) is 13.0. The first-order chi connectivity index (χ1) is 19.3. The van der Waals surface area contributed by atoms with E-state index >= 15 is 4.39 Å². The van der Waals surface area contributed by atoms with E-state index in [1.807, 2.05) is 0 Å². The maximum atomic E-state index is 15.2. The van der Waals surface area contributed by atoms with Crippen LogP contribution in [0, 0.1) is 5.82 Å². The average molecular weight is 564 g/mol. The molecule has 0 saturated carbocycles. The van der Waals surface area contributed by atoms with Crippen LogP contribution in [0.15, 0.2) is 60.7 Å². The van der Waals surface area contributed by atoms with Gasteiger partial charge < -0.3 is 25.0 Å². The molecular weight excluding hydrogens is 541 g/mol. The molecule has 0 aliphatic carbocycles. The van der Waals surface area contributed by atoms with Crippen LogP contribution >= 0.6 is 11.6 Å². The second kappa shape index (κ2) is 9.92. The number of likely N-dealkylation sites (tertiary alicyclic amines) is 1. The smallest absolute Gasteiger partial charge is 0.375 e. The van der Waals surface area contributed by atoms with Crippen LogP contribution in [0.1, 0.15) is 34.3 Å². The van der Waals surface area contributed by atoms with Crippen LogP contribution in [0.25, 0.3) is 11.0 Å². The van der Waals surface area contributed by atoms with Crippen molar-refractivity contribution in [3.05, 3.63) is 88.2 Å². The fourth-order valence-electron chi connectivity index (χ4n) is 5.20. The van der Waals surface area contributed by atoms with E-state index in [4.69, 9.17) is 16.3 Å². The van der Waals surface area contributed by atoms with Gasteiger partial charge in [0.2, 0.25) is 5.91 Å². The number of rotatable bonds is 6. The Morgan fingerprint density at radius 1 is 1.18 bits per heavy atom. The molecule has 4 aromatic rings. The Morgan fingerprint density at radius 2 is 2.00 bits per heavy atom. The summed E-state index contributed by atoms with van der Waals surface area (Å²) < 4.78 is 20.4. The number of halogens is 2. The third-order valence-electron chi connectivity index (χ3n) is 7.11. The Balaban J connectivity index is 1.29. The second-order valence-corrected chi connectivity index (χ2v) is 9.91. The number of nitrogens with one attached hydrogen (secondary N) is 2. The molecule has 0 radical (unpaired) electrons. The summed E-state index contributed by atoms with van der Waals surface area (Å²) in [6.07, 6.45) is 0.583. The molecule has 6 rings (SSSR count). The molecule has 10 nitrogen and oxygen atoms in total. The van der Waals surface area contributed by atoms with Gasteiger partial charge in [-0.05, 0) is 36.8 Å². The predicted octanol–water partition coefficient (Wildman–Crippen LogP) is 3.92. The van der Waals surface area contributed by atoms with Gasteiger partial charge in [-0.1, -0.05) is 41.9 Å². The molecule has 12 heteroatoms. The zero-order valence-electron chi connectivity index (χ0n) is 21.0. The molecular formula is C28H23ClFN5O5. The number of imidazole rings is 1. The zero-order chi connectivity index (χ0) is 28.0. The highest BCUT2D eigenvalue weighted by Crippen LogP contribution is 2.46. The van der Waals surface area contributed by atoms with E-state index in [2.05, 4.69) is 15.3 Å². The molecule has 1 saturated heterocycles. The molecule has 0 spiro atoms. The molecule has 2 aliphatic rings. The van der Waals surface area contributed by atoms with Crippen molar-refractivity contribution in [3.63, 3.8) is 0 Å². The Labute approximate surface area is 232 Å². The number of amides is 3. The third kappa shape index (κ3) is 4.23. The monoisotopic (exact) mass is 563 g/mol. The number of ether oxygens (including phenoxy) is 1. The number of carbonyl (C=O) groups excluding carboxylic acids is 3. The van der Waals surface area contributed by atoms with Crippen LogP contribution < -0.4 is 15.0 Å². The van der Waals surface area contributed by atoms with E-state index in [1.165, 1.54) is 18.2 Å². The number of anilines is 1. The first-order valence-electron chi connectivity index (χ1n) is 12.6. The van der Waals surface area contributed by atoms with E-state index in [1.54, 1.807) is 47.4 Å². The summed E-state index contributed by atoms with van der Waals surface area (Å²) in [7, 11) is 0. The Morgan fingerprint density at radius 3 is 2.80 bits per heavy atom. The van der Waals surface area contributed by atoms with Gasteiger partial charge in [0.25, 0.3) is 5.91 Å². The summed E-state index contributed by atoms with van der Waals surface area (Å²) in [6, 6.07) is 15.3. The van der Waals surface area contributed by atoms with Crippen molar-refractivity contribution in [2.75, 3.05) is 24.5 Å². The highest BCUT2D eigenvalue weighted by Gasteiger charge is 2.51. The summed E-state index contributed by atoms with van der Waals surface area (Å²) in [5, 5.41) is 14.6. The quantitative estimate of drug-likeness (QED) is 0.326. The standard InChI is InChI=1S/C28H23ClFN5O5/c29-19-7-3-8-22(24(19)30)35-25(37)17-5-1-2-6-18(17)28(35,39)16-10-11-20-21(15-16)33-26(32-20)40-27(38)31-12-14-34-13-4-9-23(34)36/h1-3,5-8,10-11,15,39H,4,9,12-14H2,(H,31,38)(H,32,33). The lowest BCUT2D eigenvalue weighted by Gasteiger charge is -2.35. The summed E-state index contributed by atoms with van der Waals surface area (Å²) in [6.45, 7) is 1.29. The van der Waals surface area contributed by atoms with Gasteiger partial charge >= 0.3 is 12.1 Å². The summed E-state index contributed by atoms with van der Waals surface area (Å²) in [5.74, 6) is -1.38. The predicted molar refractivity (Wildman–Crippen MR) is 144 cm³/mol. The van der Waals surface area contributed by atoms with Gasteiger partial charge in [0, 0.05) is 42.7 Å². The Kier molecular flexibility index (Phi) is 6.40. The second-order valence-electron chi connectivity index (χ2n) is 9.51. The molecule has 204 valence electrons. The van der Waals surface area contributed by atoms with Gasteiger partial charge in [-0.25, -0.2) is 9.18 Å². The Hall–Kier alpha value is -4.48. The number of aromatic amines is 1. The van der Waals surface area contributed by atoms with Crippen LogP contribution in [0.2, 0.25) is 5.02 Å². The topological polar surface area (TPSA) is 128 Å². The van der Waals surface area contributed by atoms with E-state index < -0.39 is 23.5 Å². The lowest BCUT2D eigenvalue weighted by atomic mass is 9.93. The van der Waals surface area contributed by atoms with E-state index in [-0.39, 0.29) is 45.9 Å². The highest BCUT2D eigenvalue weighted by atomic mass is 35.5. The number of nitrogens with zero attached hydrogens (tertiary/aromatic N) is 3. The van der Waals surface area contributed by atoms with Gasteiger partial charge in [0.1, 0.15) is 0 Å². The van der Waals surface area contributed by atoms with Gasteiger partial charge in [0.15, 0.2) is 11.5 Å². The first kappa shape index (κ1) is 25.8. The molecule has 3 aromatic carbocycles. The van der Waals surface area contributed by atoms with Crippen LogP contribution in [0.4, 0.5) is 14.9 Å². The number of aromatic nitrogens is 2. The normalized spacial score (nSPS) is 18.5. The van der Waals surface area contributed by atoms with Gasteiger partial charge in [-0.3, -0.25) is 14.5 Å². The SMILES string of the molecule is O=C(NCCN1CCCC1=O)Oc1nc2ccc(C3(O)c4ccccc4C(=O)N3c3cccc(Cl)c3F)cc2[nH]1. The molecule has 40 heavy (non-hydrogen) atoms. The number of benzene rings is 3. The lowest BCUT2D eigenvalue weighted by molar-refractivity contribution is -0.127. The van der Waals surface area contributed by atoms with Crippen molar-refractivity contribution < 1.29 is 28.6 Å². The van der Waals surface area contributed by atoms with Crippen LogP contribution in [0.5, 0.6) is 6.01 Å². The van der Waals surface area contributed by atoms with Crippen molar-refractivity contribution in [1.29, 1.82) is 0 Å². The van der Waals surface area contributed by atoms with Crippen molar-refractivity contribution in [2.24, 2.45) is 0 Å². The average Bonchev–Trinajstić information content (AvgIpc) is 3.60. The minimum Gasteiger partial charge on any atom is -0.375 e. The summed E-state index contributed by atoms with van der Waals surface area (Å²) in [5.41, 5.74) is -0.708. The van der Waals surface area contributed by atoms with Gasteiger partial charge in [-0.2, -0.15) is 4.98 Å². The minimum atomic E-state index is -2.08. The summed E-state index contributed by atoms with van der Waals surface area (Å²) >= 11 is 6.01. The van der Waals surface area contributed by atoms with Gasteiger partial charge in [-0.15, -0.1) is 0 Å². The Bertz CT molecular complexity index is 1680. The minimum absolute atomic E-state index is 0.0631. The van der Waals surface area contributed by atoms with E-state index in [9.17, 15) is 19.5 Å². The third-order valence-corrected chi connectivity index (χ3v) is 7.40. The molecule has 1 fully saturated rings. The number of aliphatic hydroxyl groups is 1. The molecule has 1 aromatic heterocycles. The van der Waals surface area contributed by atoms with E-state index in [0.717, 1.165) is 11.3 Å². The number of carbonyl (C=O) groups is 3. The van der Waals surface area contributed by atoms with Crippen molar-refractivity contribution in [1.82, 2.24) is 20.2 Å². The maximum Gasteiger partial charge on any atom is 0.415 e. The molecule has 1 atom stereocenters. The highest BCUT2D eigenvalue weighted by molar-refractivity contribution is 6.31. The van der Waals surface area contributed by atoms with Gasteiger partial charge in [0.05, 0.1) is 21.7 Å². The molecule has 3 heterocycles. The van der Waals surface area contributed by atoms with E-state index in [0.29, 0.717) is 30.5 Å². The largest absolute Gasteiger partial charge is 0.415 e. The summed E-state index contributed by atoms with van der Waals surface area (Å²) in [4.78, 5) is 47.3. The lowest BCUT2D eigenvalue weighted by Crippen LogP contribution is -2.45. The number of hydrogen-bond acceptors (Lipinski definition) is 6. The van der Waals surface area contributed by atoms with Crippen molar-refractivity contribution >= 4 is 46.2 Å². The number of fused-ring (bicyclic) bond motifs is 2. The maximum absolute atomic E-state index is 15.2. The number of H-pyrrole nitrogens is 1. The van der Waals surface area contributed by atoms with Crippen LogP contribution in [-0.4, -0.2) is 57.5 Å². The number of hydrogen-bond donors (Lipinski definition) is 3. The van der Waals surface area contributed by atoms with Crippen LogP contribution in [-0.2, 0) is 10.5 Å². The molecule has 2 aliphatic heterocycles.